The maximum Gasteiger partial charge on any atom is 0.409 e. The van der Waals surface area contributed by atoms with Gasteiger partial charge in [0, 0.05) is 42.2 Å². The summed E-state index contributed by atoms with van der Waals surface area (Å²) in [5.41, 5.74) is 2.96. The monoisotopic (exact) mass is 451 g/mol. The third kappa shape index (κ3) is 4.55. The zero-order chi connectivity index (χ0) is 22.7. The van der Waals surface area contributed by atoms with Crippen molar-refractivity contribution in [1.29, 1.82) is 0 Å². The SMILES string of the molecule is CCCOC(=O)N1CCN(C(=O)c2ccc3c(Cl)cc(-c4ccccc4)nc3c2)[C@H](C)C1. The molecule has 0 spiro atoms. The second-order valence-electron chi connectivity index (χ2n) is 8.00. The lowest BCUT2D eigenvalue weighted by Crippen LogP contribution is -2.55. The summed E-state index contributed by atoms with van der Waals surface area (Å²) in [6.07, 6.45) is 0.468. The van der Waals surface area contributed by atoms with E-state index >= 15 is 0 Å². The van der Waals surface area contributed by atoms with Crippen molar-refractivity contribution in [1.82, 2.24) is 14.8 Å². The van der Waals surface area contributed by atoms with Gasteiger partial charge in [0.15, 0.2) is 0 Å². The second-order valence-corrected chi connectivity index (χ2v) is 8.40. The first-order chi connectivity index (χ1) is 15.5. The van der Waals surface area contributed by atoms with E-state index in [1.54, 1.807) is 21.9 Å². The van der Waals surface area contributed by atoms with Crippen LogP contribution < -0.4 is 0 Å². The number of carbonyl (C=O) groups excluding carboxylic acids is 2. The van der Waals surface area contributed by atoms with Crippen LogP contribution in [0.25, 0.3) is 22.2 Å². The van der Waals surface area contributed by atoms with Gasteiger partial charge in [0.05, 0.1) is 22.8 Å². The molecule has 1 atom stereocenters. The van der Waals surface area contributed by atoms with Crippen LogP contribution in [0.1, 0.15) is 30.6 Å². The molecule has 1 aliphatic rings. The van der Waals surface area contributed by atoms with Crippen molar-refractivity contribution < 1.29 is 14.3 Å². The minimum Gasteiger partial charge on any atom is -0.449 e. The Morgan fingerprint density at radius 3 is 2.62 bits per heavy atom. The Labute approximate surface area is 192 Å². The minimum atomic E-state index is -0.316. The quantitative estimate of drug-likeness (QED) is 0.543. The van der Waals surface area contributed by atoms with E-state index in [1.807, 2.05) is 56.3 Å². The third-order valence-electron chi connectivity index (χ3n) is 5.65. The lowest BCUT2D eigenvalue weighted by Gasteiger charge is -2.39. The summed E-state index contributed by atoms with van der Waals surface area (Å²) < 4.78 is 5.23. The van der Waals surface area contributed by atoms with Gasteiger partial charge in [-0.1, -0.05) is 54.9 Å². The first-order valence-corrected chi connectivity index (χ1v) is 11.2. The molecule has 1 aliphatic heterocycles. The van der Waals surface area contributed by atoms with Crippen molar-refractivity contribution in [3.05, 3.63) is 65.2 Å². The van der Waals surface area contributed by atoms with Crippen LogP contribution >= 0.6 is 11.6 Å². The number of nitrogens with zero attached hydrogens (tertiary/aromatic N) is 3. The number of halogens is 1. The molecule has 2 aromatic carbocycles. The Bertz CT molecular complexity index is 1140. The molecule has 2 heterocycles. The predicted molar refractivity (Wildman–Crippen MR) is 126 cm³/mol. The van der Waals surface area contributed by atoms with Gasteiger partial charge in [-0.05, 0) is 31.5 Å². The van der Waals surface area contributed by atoms with E-state index in [0.717, 1.165) is 23.1 Å². The van der Waals surface area contributed by atoms with Crippen LogP contribution in [0.4, 0.5) is 4.79 Å². The number of hydrogen-bond acceptors (Lipinski definition) is 4. The number of rotatable bonds is 4. The van der Waals surface area contributed by atoms with E-state index in [1.165, 1.54) is 0 Å². The molecule has 4 rings (SSSR count). The van der Waals surface area contributed by atoms with Crippen molar-refractivity contribution in [3.63, 3.8) is 0 Å². The number of hydrogen-bond donors (Lipinski definition) is 0. The summed E-state index contributed by atoms with van der Waals surface area (Å²) in [6.45, 7) is 5.67. The maximum absolute atomic E-state index is 13.3. The molecule has 2 amide bonds. The summed E-state index contributed by atoms with van der Waals surface area (Å²) in [5.74, 6) is -0.0796. The predicted octanol–water partition coefficient (Wildman–Crippen LogP) is 5.25. The van der Waals surface area contributed by atoms with Gasteiger partial charge in [-0.15, -0.1) is 0 Å². The van der Waals surface area contributed by atoms with Crippen molar-refractivity contribution in [2.75, 3.05) is 26.2 Å². The molecular formula is C25H26ClN3O3. The van der Waals surface area contributed by atoms with Crippen LogP contribution in [0.5, 0.6) is 0 Å². The normalized spacial score (nSPS) is 16.3. The molecule has 0 unspecified atom stereocenters. The van der Waals surface area contributed by atoms with Crippen molar-refractivity contribution in [2.24, 2.45) is 0 Å². The molecule has 6 nitrogen and oxygen atoms in total. The Hall–Kier alpha value is -3.12. The van der Waals surface area contributed by atoms with Crippen LogP contribution in [0.15, 0.2) is 54.6 Å². The zero-order valence-corrected chi connectivity index (χ0v) is 19.0. The molecule has 32 heavy (non-hydrogen) atoms. The Morgan fingerprint density at radius 2 is 1.91 bits per heavy atom. The molecule has 0 aliphatic carbocycles. The topological polar surface area (TPSA) is 62.7 Å². The van der Waals surface area contributed by atoms with Gasteiger partial charge in [-0.2, -0.15) is 0 Å². The van der Waals surface area contributed by atoms with E-state index in [4.69, 9.17) is 21.3 Å². The number of amides is 2. The molecule has 0 radical (unpaired) electrons. The lowest BCUT2D eigenvalue weighted by molar-refractivity contribution is 0.0414. The van der Waals surface area contributed by atoms with Crippen LogP contribution in [0.2, 0.25) is 5.02 Å². The van der Waals surface area contributed by atoms with Gasteiger partial charge in [0.1, 0.15) is 0 Å². The van der Waals surface area contributed by atoms with Crippen molar-refractivity contribution in [3.8, 4) is 11.3 Å². The van der Waals surface area contributed by atoms with Gasteiger partial charge in [-0.25, -0.2) is 9.78 Å². The van der Waals surface area contributed by atoms with E-state index in [2.05, 4.69) is 0 Å². The van der Waals surface area contributed by atoms with E-state index in [-0.39, 0.29) is 18.0 Å². The number of fused-ring (bicyclic) bond motifs is 1. The van der Waals surface area contributed by atoms with Crippen LogP contribution in [0, 0.1) is 0 Å². The highest BCUT2D eigenvalue weighted by atomic mass is 35.5. The number of ether oxygens (including phenoxy) is 1. The number of pyridine rings is 1. The molecule has 1 saturated heterocycles. The first kappa shape index (κ1) is 22.1. The highest BCUT2D eigenvalue weighted by molar-refractivity contribution is 6.35. The van der Waals surface area contributed by atoms with Gasteiger partial charge < -0.3 is 14.5 Å². The van der Waals surface area contributed by atoms with Gasteiger partial charge in [-0.3, -0.25) is 4.79 Å². The Morgan fingerprint density at radius 1 is 1.12 bits per heavy atom. The number of benzene rings is 2. The van der Waals surface area contributed by atoms with Crippen LogP contribution in [-0.4, -0.2) is 59.1 Å². The maximum atomic E-state index is 13.3. The molecule has 0 saturated carbocycles. The molecule has 3 aromatic rings. The molecule has 0 N–H and O–H groups in total. The second kappa shape index (κ2) is 9.57. The molecule has 1 aromatic heterocycles. The average Bonchev–Trinajstić information content (AvgIpc) is 2.82. The van der Waals surface area contributed by atoms with Crippen molar-refractivity contribution in [2.45, 2.75) is 26.3 Å². The largest absolute Gasteiger partial charge is 0.449 e. The molecule has 0 bridgehead atoms. The fourth-order valence-corrected chi connectivity index (χ4v) is 4.21. The van der Waals surface area contributed by atoms with Gasteiger partial charge >= 0.3 is 6.09 Å². The Balaban J connectivity index is 1.55. The molecule has 7 heteroatoms. The fraction of sp³-hybridized carbons (Fsp3) is 0.320. The third-order valence-corrected chi connectivity index (χ3v) is 5.96. The van der Waals surface area contributed by atoms with E-state index < -0.39 is 0 Å². The summed E-state index contributed by atoms with van der Waals surface area (Å²) in [5, 5.41) is 1.40. The number of aromatic nitrogens is 1. The summed E-state index contributed by atoms with van der Waals surface area (Å²) >= 11 is 6.51. The standard InChI is InChI=1S/C25H26ClN3O3/c1-3-13-32-25(31)28-11-12-29(17(2)16-28)24(30)19-9-10-20-21(26)15-22(27-23(20)14-19)18-7-5-4-6-8-18/h4-10,14-15,17H,3,11-13,16H2,1-2H3/t17-/m1/s1. The highest BCUT2D eigenvalue weighted by Crippen LogP contribution is 2.29. The summed E-state index contributed by atoms with van der Waals surface area (Å²) in [7, 11) is 0. The first-order valence-electron chi connectivity index (χ1n) is 10.9. The lowest BCUT2D eigenvalue weighted by atomic mass is 10.1. The molecule has 1 fully saturated rings. The minimum absolute atomic E-state index is 0.0796. The zero-order valence-electron chi connectivity index (χ0n) is 18.3. The summed E-state index contributed by atoms with van der Waals surface area (Å²) in [4.78, 5) is 33.6. The molecular weight excluding hydrogens is 426 g/mol. The molecule has 166 valence electrons. The smallest absolute Gasteiger partial charge is 0.409 e. The number of carbonyl (C=O) groups is 2. The number of piperazine rings is 1. The van der Waals surface area contributed by atoms with Gasteiger partial charge in [0.2, 0.25) is 0 Å². The average molecular weight is 452 g/mol. The Kier molecular flexibility index (Phi) is 6.61. The van der Waals surface area contributed by atoms with Crippen LogP contribution in [-0.2, 0) is 4.74 Å². The van der Waals surface area contributed by atoms with E-state index in [0.29, 0.717) is 42.3 Å². The highest BCUT2D eigenvalue weighted by Gasteiger charge is 2.31. The van der Waals surface area contributed by atoms with Gasteiger partial charge in [0.25, 0.3) is 5.91 Å². The summed E-state index contributed by atoms with van der Waals surface area (Å²) in [6, 6.07) is 17.0. The van der Waals surface area contributed by atoms with Crippen LogP contribution in [0.3, 0.4) is 0 Å². The van der Waals surface area contributed by atoms with Crippen molar-refractivity contribution >= 4 is 34.5 Å². The van der Waals surface area contributed by atoms with E-state index in [9.17, 15) is 9.59 Å². The fourth-order valence-electron chi connectivity index (χ4n) is 3.95.